The fraction of sp³-hybridized carbons (Fsp3) is 0.0600. The van der Waals surface area contributed by atoms with E-state index < -0.39 is 0 Å². The molecule has 2 heterocycles. The fourth-order valence-electron chi connectivity index (χ4n) is 8.67. The van der Waals surface area contributed by atoms with Gasteiger partial charge in [0.1, 0.15) is 11.2 Å². The Kier molecular flexibility index (Phi) is 6.56. The molecule has 0 unspecified atom stereocenters. The number of nitrogens with zero attached hydrogens (tertiary/aromatic N) is 3. The van der Waals surface area contributed by atoms with Gasteiger partial charge in [0.05, 0.1) is 0 Å². The summed E-state index contributed by atoms with van der Waals surface area (Å²) in [4.78, 5) is 15.5. The van der Waals surface area contributed by atoms with Crippen molar-refractivity contribution < 1.29 is 4.42 Å². The average molecular weight is 692 g/mol. The van der Waals surface area contributed by atoms with Crippen LogP contribution >= 0.6 is 0 Å². The third-order valence-electron chi connectivity index (χ3n) is 11.3. The molecule has 0 spiro atoms. The molecule has 0 atom stereocenters. The maximum atomic E-state index is 6.32. The van der Waals surface area contributed by atoms with Crippen molar-refractivity contribution in [2.75, 3.05) is 0 Å². The molecule has 0 fully saturated rings. The molecule has 11 rings (SSSR count). The lowest BCUT2D eigenvalue weighted by Gasteiger charge is -2.21. The van der Waals surface area contributed by atoms with Gasteiger partial charge in [0.25, 0.3) is 0 Å². The molecule has 0 saturated heterocycles. The van der Waals surface area contributed by atoms with Crippen LogP contribution in [0.2, 0.25) is 0 Å². The van der Waals surface area contributed by atoms with Gasteiger partial charge >= 0.3 is 0 Å². The van der Waals surface area contributed by atoms with E-state index in [1.165, 1.54) is 33.0 Å². The first-order valence-electron chi connectivity index (χ1n) is 18.4. The Morgan fingerprint density at radius 2 is 1.07 bits per heavy atom. The van der Waals surface area contributed by atoms with Crippen molar-refractivity contribution >= 4 is 43.5 Å². The second kappa shape index (κ2) is 11.5. The lowest BCUT2D eigenvalue weighted by atomic mass is 9.82. The molecule has 0 radical (unpaired) electrons. The summed E-state index contributed by atoms with van der Waals surface area (Å²) in [7, 11) is 0. The van der Waals surface area contributed by atoms with E-state index in [9.17, 15) is 0 Å². The largest absolute Gasteiger partial charge is 0.456 e. The minimum Gasteiger partial charge on any atom is -0.456 e. The van der Waals surface area contributed by atoms with Crippen LogP contribution in [0.3, 0.4) is 0 Å². The molecule has 1 aliphatic carbocycles. The van der Waals surface area contributed by atoms with Crippen LogP contribution in [0, 0.1) is 0 Å². The van der Waals surface area contributed by atoms with E-state index in [1.54, 1.807) is 0 Å². The van der Waals surface area contributed by atoms with Gasteiger partial charge in [-0.2, -0.15) is 0 Å². The molecule has 0 bridgehead atoms. The van der Waals surface area contributed by atoms with Crippen molar-refractivity contribution in [3.63, 3.8) is 0 Å². The number of fused-ring (bicyclic) bond motifs is 9. The molecule has 0 N–H and O–H groups in total. The minimum atomic E-state index is -0.126. The number of hydrogen-bond acceptors (Lipinski definition) is 4. The highest BCUT2D eigenvalue weighted by Crippen LogP contribution is 2.51. The molecule has 0 amide bonds. The lowest BCUT2D eigenvalue weighted by Crippen LogP contribution is -2.14. The molecule has 4 nitrogen and oxygen atoms in total. The molecular weight excluding hydrogens is 659 g/mol. The van der Waals surface area contributed by atoms with Crippen molar-refractivity contribution in [3.05, 3.63) is 175 Å². The van der Waals surface area contributed by atoms with Crippen molar-refractivity contribution in [1.29, 1.82) is 0 Å². The Morgan fingerprint density at radius 1 is 0.407 bits per heavy atom. The van der Waals surface area contributed by atoms with Gasteiger partial charge in [-0.1, -0.05) is 153 Å². The van der Waals surface area contributed by atoms with E-state index in [0.29, 0.717) is 17.5 Å². The molecular formula is C50H33N3O. The van der Waals surface area contributed by atoms with Gasteiger partial charge in [-0.25, -0.2) is 15.0 Å². The summed E-state index contributed by atoms with van der Waals surface area (Å²) in [5, 5.41) is 6.97. The Balaban J connectivity index is 1.07. The molecule has 0 saturated carbocycles. The maximum absolute atomic E-state index is 6.32. The van der Waals surface area contributed by atoms with Gasteiger partial charge in [0, 0.05) is 32.9 Å². The number of hydrogen-bond donors (Lipinski definition) is 0. The van der Waals surface area contributed by atoms with Crippen molar-refractivity contribution in [2.45, 2.75) is 19.3 Å². The highest BCUT2D eigenvalue weighted by atomic mass is 16.3. The first-order valence-corrected chi connectivity index (χ1v) is 18.4. The standard InChI is InChI=1S/C50H33N3O/c1-50(2)41-20-9-8-17-38(41)45-39(19-11-21-42(45)50)49-52-47(31-13-4-3-5-14-31)51-48(53-49)34-22-25-36-32(28-34)15-10-18-35(36)33-24-26-43-40(29-33)46-37-16-7-6-12-30(37)23-27-44(46)54-43/h3-29H,1-2H3. The summed E-state index contributed by atoms with van der Waals surface area (Å²) in [6, 6.07) is 57.8. The summed E-state index contributed by atoms with van der Waals surface area (Å²) in [5.41, 5.74) is 11.9. The smallest absolute Gasteiger partial charge is 0.164 e. The van der Waals surface area contributed by atoms with E-state index in [0.717, 1.165) is 60.5 Å². The topological polar surface area (TPSA) is 51.8 Å². The van der Waals surface area contributed by atoms with E-state index >= 15 is 0 Å². The number of benzene rings is 8. The molecule has 54 heavy (non-hydrogen) atoms. The van der Waals surface area contributed by atoms with Gasteiger partial charge in [0.15, 0.2) is 17.5 Å². The van der Waals surface area contributed by atoms with Crippen molar-refractivity contribution in [1.82, 2.24) is 15.0 Å². The Morgan fingerprint density at radius 3 is 1.98 bits per heavy atom. The monoisotopic (exact) mass is 691 g/mol. The Hall–Kier alpha value is -6.91. The van der Waals surface area contributed by atoms with E-state index in [-0.39, 0.29) is 5.41 Å². The summed E-state index contributed by atoms with van der Waals surface area (Å²) in [6.45, 7) is 4.60. The third kappa shape index (κ3) is 4.60. The molecule has 1 aliphatic rings. The number of furan rings is 1. The normalized spacial score (nSPS) is 13.1. The quantitative estimate of drug-likeness (QED) is 0.184. The molecule has 0 aliphatic heterocycles. The van der Waals surface area contributed by atoms with Crippen LogP contribution in [0.4, 0.5) is 0 Å². The zero-order valence-corrected chi connectivity index (χ0v) is 29.8. The lowest BCUT2D eigenvalue weighted by molar-refractivity contribution is 0.660. The SMILES string of the molecule is CC1(C)c2ccccc2-c2c(-c3nc(-c4ccccc4)nc(-c4ccc5c(-c6ccc7oc8ccc9ccccc9c8c7c6)cccc5c4)n3)cccc21. The van der Waals surface area contributed by atoms with Crippen molar-refractivity contribution in [3.8, 4) is 56.4 Å². The van der Waals surface area contributed by atoms with E-state index in [4.69, 9.17) is 19.4 Å². The number of aromatic nitrogens is 3. The van der Waals surface area contributed by atoms with Crippen LogP contribution in [-0.2, 0) is 5.41 Å². The second-order valence-electron chi connectivity index (χ2n) is 14.8. The summed E-state index contributed by atoms with van der Waals surface area (Å²) in [6.07, 6.45) is 0. The second-order valence-corrected chi connectivity index (χ2v) is 14.8. The predicted molar refractivity (Wildman–Crippen MR) is 221 cm³/mol. The van der Waals surface area contributed by atoms with Crippen LogP contribution in [0.15, 0.2) is 168 Å². The summed E-state index contributed by atoms with van der Waals surface area (Å²) < 4.78 is 6.32. The molecule has 254 valence electrons. The first-order chi connectivity index (χ1) is 26.5. The molecule has 2 aromatic heterocycles. The first kappa shape index (κ1) is 30.7. The zero-order chi connectivity index (χ0) is 36.0. The highest BCUT2D eigenvalue weighted by molar-refractivity contribution is 6.19. The van der Waals surface area contributed by atoms with Gasteiger partial charge in [-0.3, -0.25) is 0 Å². The molecule has 4 heteroatoms. The van der Waals surface area contributed by atoms with Gasteiger partial charge < -0.3 is 4.42 Å². The van der Waals surface area contributed by atoms with Gasteiger partial charge in [-0.15, -0.1) is 0 Å². The maximum Gasteiger partial charge on any atom is 0.164 e. The molecule has 10 aromatic rings. The highest BCUT2D eigenvalue weighted by Gasteiger charge is 2.37. The Labute approximate surface area is 312 Å². The van der Waals surface area contributed by atoms with Crippen LogP contribution in [-0.4, -0.2) is 15.0 Å². The minimum absolute atomic E-state index is 0.126. The average Bonchev–Trinajstić information content (AvgIpc) is 3.72. The van der Waals surface area contributed by atoms with Gasteiger partial charge in [0.2, 0.25) is 0 Å². The molecule has 8 aromatic carbocycles. The van der Waals surface area contributed by atoms with Gasteiger partial charge in [-0.05, 0) is 79.2 Å². The predicted octanol–water partition coefficient (Wildman–Crippen LogP) is 13.1. The van der Waals surface area contributed by atoms with Crippen LogP contribution < -0.4 is 0 Å². The fourth-order valence-corrected chi connectivity index (χ4v) is 8.67. The number of rotatable bonds is 4. The van der Waals surface area contributed by atoms with Crippen molar-refractivity contribution in [2.24, 2.45) is 0 Å². The van der Waals surface area contributed by atoms with Crippen LogP contribution in [0.5, 0.6) is 0 Å². The van der Waals surface area contributed by atoms with Crippen LogP contribution in [0.1, 0.15) is 25.0 Å². The van der Waals surface area contributed by atoms with Crippen LogP contribution in [0.25, 0.3) is 99.9 Å². The Bertz CT molecular complexity index is 3140. The van der Waals surface area contributed by atoms with E-state index in [2.05, 4.69) is 159 Å². The van der Waals surface area contributed by atoms with E-state index in [1.807, 2.05) is 18.2 Å². The zero-order valence-electron chi connectivity index (χ0n) is 29.8. The third-order valence-corrected chi connectivity index (χ3v) is 11.3. The summed E-state index contributed by atoms with van der Waals surface area (Å²) in [5.74, 6) is 1.97. The summed E-state index contributed by atoms with van der Waals surface area (Å²) >= 11 is 0.